The van der Waals surface area contributed by atoms with Crippen LogP contribution < -0.4 is 10.6 Å². The number of rotatable bonds is 7. The molecular formula is C12H24N2O. The van der Waals surface area contributed by atoms with E-state index in [2.05, 4.69) is 17.6 Å². The van der Waals surface area contributed by atoms with Crippen LogP contribution in [0.15, 0.2) is 0 Å². The summed E-state index contributed by atoms with van der Waals surface area (Å²) in [5.41, 5.74) is 0.330. The number of hydrogen-bond donors (Lipinski definition) is 2. The van der Waals surface area contributed by atoms with Gasteiger partial charge in [0.05, 0.1) is 6.61 Å². The molecule has 0 spiro atoms. The number of nitrogens with one attached hydrogen (secondary N) is 2. The molecule has 15 heavy (non-hydrogen) atoms. The van der Waals surface area contributed by atoms with E-state index in [0.717, 1.165) is 32.2 Å². The second-order valence-corrected chi connectivity index (χ2v) is 5.29. The fourth-order valence-electron chi connectivity index (χ4n) is 2.15. The van der Waals surface area contributed by atoms with Crippen LogP contribution in [0.25, 0.3) is 0 Å². The highest BCUT2D eigenvalue weighted by atomic mass is 16.5. The van der Waals surface area contributed by atoms with Crippen LogP contribution in [0.4, 0.5) is 0 Å². The molecule has 1 saturated heterocycles. The zero-order chi connectivity index (χ0) is 10.6. The molecule has 2 fully saturated rings. The minimum Gasteiger partial charge on any atom is -0.380 e. The van der Waals surface area contributed by atoms with Crippen molar-refractivity contribution in [2.45, 2.75) is 38.1 Å². The van der Waals surface area contributed by atoms with Crippen LogP contribution in [0.2, 0.25) is 0 Å². The van der Waals surface area contributed by atoms with E-state index in [9.17, 15) is 0 Å². The smallest absolute Gasteiger partial charge is 0.0591 e. The molecule has 1 saturated carbocycles. The molecule has 1 unspecified atom stereocenters. The largest absolute Gasteiger partial charge is 0.380 e. The van der Waals surface area contributed by atoms with Gasteiger partial charge in [-0.15, -0.1) is 0 Å². The molecule has 2 N–H and O–H groups in total. The minimum atomic E-state index is 0.330. The Hall–Kier alpha value is -0.120. The van der Waals surface area contributed by atoms with Crippen molar-refractivity contribution in [2.24, 2.45) is 5.92 Å². The molecule has 1 aliphatic heterocycles. The van der Waals surface area contributed by atoms with Gasteiger partial charge in [-0.05, 0) is 45.1 Å². The quantitative estimate of drug-likeness (QED) is 0.621. The van der Waals surface area contributed by atoms with Crippen LogP contribution >= 0.6 is 0 Å². The Labute approximate surface area is 93.0 Å². The summed E-state index contributed by atoms with van der Waals surface area (Å²) in [5, 5.41) is 7.02. The second-order valence-electron chi connectivity index (χ2n) is 5.29. The fourth-order valence-corrected chi connectivity index (χ4v) is 2.15. The summed E-state index contributed by atoms with van der Waals surface area (Å²) in [7, 11) is 0. The summed E-state index contributed by atoms with van der Waals surface area (Å²) >= 11 is 0. The van der Waals surface area contributed by atoms with Gasteiger partial charge in [-0.2, -0.15) is 0 Å². The lowest BCUT2D eigenvalue weighted by atomic mass is 10.0. The fraction of sp³-hybridized carbons (Fsp3) is 1.00. The van der Waals surface area contributed by atoms with Gasteiger partial charge in [-0.3, -0.25) is 0 Å². The number of hydrogen-bond acceptors (Lipinski definition) is 3. The van der Waals surface area contributed by atoms with Gasteiger partial charge in [-0.25, -0.2) is 0 Å². The molecule has 2 rings (SSSR count). The van der Waals surface area contributed by atoms with E-state index in [-0.39, 0.29) is 0 Å². The maximum atomic E-state index is 5.57. The zero-order valence-corrected chi connectivity index (χ0v) is 9.85. The highest BCUT2D eigenvalue weighted by Crippen LogP contribution is 2.28. The Morgan fingerprint density at radius 3 is 3.00 bits per heavy atom. The van der Waals surface area contributed by atoms with Crippen LogP contribution in [0.5, 0.6) is 0 Å². The van der Waals surface area contributed by atoms with E-state index in [0.29, 0.717) is 5.54 Å². The van der Waals surface area contributed by atoms with E-state index >= 15 is 0 Å². The SMILES string of the molecule is CC1(CNCCOCC2CC2)CCCN1. The van der Waals surface area contributed by atoms with Gasteiger partial charge in [0.2, 0.25) is 0 Å². The van der Waals surface area contributed by atoms with Crippen molar-refractivity contribution < 1.29 is 4.74 Å². The van der Waals surface area contributed by atoms with Crippen molar-refractivity contribution in [2.75, 3.05) is 32.8 Å². The molecule has 0 amide bonds. The van der Waals surface area contributed by atoms with Gasteiger partial charge in [0, 0.05) is 25.2 Å². The van der Waals surface area contributed by atoms with E-state index in [1.165, 1.54) is 32.2 Å². The molecule has 88 valence electrons. The Bertz CT molecular complexity index is 186. The van der Waals surface area contributed by atoms with E-state index < -0.39 is 0 Å². The summed E-state index contributed by atoms with van der Waals surface area (Å²) < 4.78 is 5.57. The Morgan fingerprint density at radius 1 is 1.47 bits per heavy atom. The summed E-state index contributed by atoms with van der Waals surface area (Å²) in [6.45, 7) is 7.39. The highest BCUT2D eigenvalue weighted by molar-refractivity contribution is 4.90. The highest BCUT2D eigenvalue weighted by Gasteiger charge is 2.27. The predicted molar refractivity (Wildman–Crippen MR) is 62.1 cm³/mol. The first-order valence-corrected chi connectivity index (χ1v) is 6.32. The third kappa shape index (κ3) is 4.09. The first-order chi connectivity index (χ1) is 7.29. The molecule has 3 heteroatoms. The second kappa shape index (κ2) is 5.28. The Balaban J connectivity index is 1.43. The first kappa shape index (κ1) is 11.4. The average molecular weight is 212 g/mol. The van der Waals surface area contributed by atoms with Crippen LogP contribution in [0, 0.1) is 5.92 Å². The lowest BCUT2D eigenvalue weighted by molar-refractivity contribution is 0.125. The topological polar surface area (TPSA) is 33.3 Å². The zero-order valence-electron chi connectivity index (χ0n) is 9.85. The van der Waals surface area contributed by atoms with Crippen LogP contribution in [0.1, 0.15) is 32.6 Å². The van der Waals surface area contributed by atoms with Crippen LogP contribution in [0.3, 0.4) is 0 Å². The summed E-state index contributed by atoms with van der Waals surface area (Å²) in [4.78, 5) is 0. The van der Waals surface area contributed by atoms with E-state index in [1.807, 2.05) is 0 Å². The maximum Gasteiger partial charge on any atom is 0.0591 e. The molecule has 1 aliphatic carbocycles. The van der Waals surface area contributed by atoms with Gasteiger partial charge < -0.3 is 15.4 Å². The van der Waals surface area contributed by atoms with Crippen LogP contribution in [-0.2, 0) is 4.74 Å². The van der Waals surface area contributed by atoms with E-state index in [4.69, 9.17) is 4.74 Å². The maximum absolute atomic E-state index is 5.57. The summed E-state index contributed by atoms with van der Waals surface area (Å²) in [6.07, 6.45) is 5.38. The van der Waals surface area contributed by atoms with Crippen molar-refractivity contribution in [3.05, 3.63) is 0 Å². The first-order valence-electron chi connectivity index (χ1n) is 6.32. The minimum absolute atomic E-state index is 0.330. The number of ether oxygens (including phenoxy) is 1. The molecule has 0 radical (unpaired) electrons. The van der Waals surface area contributed by atoms with E-state index in [1.54, 1.807) is 0 Å². The monoisotopic (exact) mass is 212 g/mol. The molecule has 0 aromatic rings. The molecule has 3 nitrogen and oxygen atoms in total. The molecule has 2 aliphatic rings. The summed E-state index contributed by atoms with van der Waals surface area (Å²) in [6, 6.07) is 0. The Kier molecular flexibility index (Phi) is 4.00. The van der Waals surface area contributed by atoms with Gasteiger partial charge in [-0.1, -0.05) is 0 Å². The van der Waals surface area contributed by atoms with Crippen molar-refractivity contribution in [3.63, 3.8) is 0 Å². The van der Waals surface area contributed by atoms with Crippen molar-refractivity contribution in [1.82, 2.24) is 10.6 Å². The molecule has 0 aromatic carbocycles. The third-order valence-corrected chi connectivity index (χ3v) is 3.45. The van der Waals surface area contributed by atoms with Gasteiger partial charge in [0.25, 0.3) is 0 Å². The van der Waals surface area contributed by atoms with Gasteiger partial charge in [0.1, 0.15) is 0 Å². The lowest BCUT2D eigenvalue weighted by Crippen LogP contribution is -2.46. The Morgan fingerprint density at radius 2 is 2.33 bits per heavy atom. The normalized spacial score (nSPS) is 31.0. The van der Waals surface area contributed by atoms with Gasteiger partial charge in [0.15, 0.2) is 0 Å². The van der Waals surface area contributed by atoms with Crippen molar-refractivity contribution in [1.29, 1.82) is 0 Å². The molecule has 0 bridgehead atoms. The molecule has 1 heterocycles. The third-order valence-electron chi connectivity index (χ3n) is 3.45. The van der Waals surface area contributed by atoms with Crippen molar-refractivity contribution >= 4 is 0 Å². The van der Waals surface area contributed by atoms with Crippen molar-refractivity contribution in [3.8, 4) is 0 Å². The summed E-state index contributed by atoms with van der Waals surface area (Å²) in [5.74, 6) is 0.888. The average Bonchev–Trinajstić information content (AvgIpc) is 2.95. The molecular weight excluding hydrogens is 188 g/mol. The molecule has 1 atom stereocenters. The predicted octanol–water partition coefficient (Wildman–Crippen LogP) is 1.14. The molecule has 0 aromatic heterocycles. The van der Waals surface area contributed by atoms with Gasteiger partial charge >= 0.3 is 0 Å². The lowest BCUT2D eigenvalue weighted by Gasteiger charge is -2.24. The standard InChI is InChI=1S/C12H24N2O/c1-12(5-2-6-14-12)10-13-7-8-15-9-11-3-4-11/h11,13-14H,2-10H2,1H3. The van der Waals surface area contributed by atoms with Crippen LogP contribution in [-0.4, -0.2) is 38.4 Å².